The van der Waals surface area contributed by atoms with E-state index in [2.05, 4.69) is 15.9 Å². The summed E-state index contributed by atoms with van der Waals surface area (Å²) in [5.41, 5.74) is -0.851. The number of aromatic nitrogens is 2. The molecule has 1 aromatic heterocycles. The molecule has 1 fully saturated rings. The lowest BCUT2D eigenvalue weighted by Gasteiger charge is -2.38. The third kappa shape index (κ3) is 6.33. The molecule has 1 saturated heterocycles. The maximum absolute atomic E-state index is 13.8. The molecule has 1 N–H and O–H groups in total. The molecule has 37 heavy (non-hydrogen) atoms. The Balaban J connectivity index is 1.73. The minimum absolute atomic E-state index is 0.103. The van der Waals surface area contributed by atoms with Crippen LogP contribution < -0.4 is 10.3 Å². The van der Waals surface area contributed by atoms with Crippen LogP contribution in [0.25, 0.3) is 16.6 Å². The van der Waals surface area contributed by atoms with Crippen molar-refractivity contribution in [1.29, 1.82) is 0 Å². The molecule has 9 heteroatoms. The lowest BCUT2D eigenvalue weighted by atomic mass is 9.88. The van der Waals surface area contributed by atoms with Crippen molar-refractivity contribution < 1.29 is 19.4 Å². The van der Waals surface area contributed by atoms with E-state index in [-0.39, 0.29) is 24.2 Å². The average molecular weight is 573 g/mol. The minimum Gasteiger partial charge on any atom is -0.489 e. The van der Waals surface area contributed by atoms with Crippen LogP contribution in [-0.2, 0) is 11.2 Å². The number of aliphatic hydroxyl groups is 1. The van der Waals surface area contributed by atoms with Crippen LogP contribution in [-0.4, -0.2) is 56.0 Å². The van der Waals surface area contributed by atoms with Crippen LogP contribution in [0.15, 0.2) is 51.7 Å². The molecule has 0 bridgehead atoms. The van der Waals surface area contributed by atoms with Gasteiger partial charge in [0, 0.05) is 24.0 Å². The van der Waals surface area contributed by atoms with E-state index in [9.17, 15) is 14.7 Å². The summed E-state index contributed by atoms with van der Waals surface area (Å²) in [6.45, 7) is 10.0. The number of para-hydroxylation sites is 1. The van der Waals surface area contributed by atoms with E-state index < -0.39 is 11.2 Å². The molecule has 3 aromatic rings. The van der Waals surface area contributed by atoms with Gasteiger partial charge in [-0.2, -0.15) is 0 Å². The predicted molar refractivity (Wildman–Crippen MR) is 146 cm³/mol. The van der Waals surface area contributed by atoms with Crippen molar-refractivity contribution >= 4 is 32.9 Å². The van der Waals surface area contributed by atoms with E-state index >= 15 is 0 Å². The highest BCUT2D eigenvalue weighted by Gasteiger charge is 2.37. The molecule has 1 aliphatic rings. The van der Waals surface area contributed by atoms with Gasteiger partial charge in [-0.3, -0.25) is 9.36 Å². The number of amides is 1. The second-order valence-electron chi connectivity index (χ2n) is 10.8. The zero-order chi connectivity index (χ0) is 27.0. The fraction of sp³-hybridized carbons (Fsp3) is 0.464. The quantitative estimate of drug-likeness (QED) is 0.450. The molecule has 198 valence electrons. The Morgan fingerprint density at radius 2 is 1.84 bits per heavy atom. The average Bonchev–Trinajstić information content (AvgIpc) is 2.79. The van der Waals surface area contributed by atoms with Crippen molar-refractivity contribution in [3.63, 3.8) is 0 Å². The molecule has 0 spiro atoms. The summed E-state index contributed by atoms with van der Waals surface area (Å²) in [6, 6.07) is 12.7. The van der Waals surface area contributed by atoms with Gasteiger partial charge in [-0.1, -0.05) is 28.1 Å². The predicted octanol–water partition coefficient (Wildman–Crippen LogP) is 5.24. The number of hydrogen-bond acceptors (Lipinski definition) is 6. The zero-order valence-corrected chi connectivity index (χ0v) is 23.5. The van der Waals surface area contributed by atoms with Crippen LogP contribution in [0.3, 0.4) is 0 Å². The van der Waals surface area contributed by atoms with Gasteiger partial charge in [0.05, 0.1) is 28.3 Å². The third-order valence-electron chi connectivity index (χ3n) is 6.20. The first-order valence-electron chi connectivity index (χ1n) is 12.5. The lowest BCUT2D eigenvalue weighted by Crippen LogP contribution is -2.49. The number of fused-ring (bicyclic) bond motifs is 1. The molecule has 0 radical (unpaired) electrons. The fourth-order valence-electron chi connectivity index (χ4n) is 4.47. The third-order valence-corrected chi connectivity index (χ3v) is 6.70. The number of carbonyl (C=O) groups is 1. The zero-order valence-electron chi connectivity index (χ0n) is 22.0. The standard InChI is InChI=1S/C28H34BrN3O5/c1-18(2)36-23-11-10-19(29)16-22(23)32-24(30-21-9-7-6-8-20(21)25(32)33)17-28(35)12-14-31(15-13-28)26(34)37-27(3,4)5/h6-11,16,18,35H,12-15,17H2,1-5H3. The van der Waals surface area contributed by atoms with Gasteiger partial charge >= 0.3 is 6.09 Å². The summed E-state index contributed by atoms with van der Waals surface area (Å²) in [5, 5.41) is 12.1. The number of halogens is 1. The van der Waals surface area contributed by atoms with Crippen LogP contribution >= 0.6 is 15.9 Å². The number of benzene rings is 2. The Kier molecular flexibility index (Phi) is 7.67. The number of nitrogens with zero attached hydrogens (tertiary/aromatic N) is 3. The first-order valence-corrected chi connectivity index (χ1v) is 13.3. The SMILES string of the molecule is CC(C)Oc1ccc(Br)cc1-n1c(CC2(O)CCN(C(=O)OC(C)(C)C)CC2)nc2ccccc2c1=O. The Morgan fingerprint density at radius 1 is 1.16 bits per heavy atom. The number of rotatable bonds is 5. The summed E-state index contributed by atoms with van der Waals surface area (Å²) in [7, 11) is 0. The van der Waals surface area contributed by atoms with Crippen LogP contribution in [0.1, 0.15) is 53.3 Å². The molecule has 1 amide bonds. The summed E-state index contributed by atoms with van der Waals surface area (Å²) in [4.78, 5) is 32.8. The highest BCUT2D eigenvalue weighted by Crippen LogP contribution is 2.31. The van der Waals surface area contributed by atoms with Gasteiger partial charge in [0.15, 0.2) is 0 Å². The maximum Gasteiger partial charge on any atom is 0.410 e. The van der Waals surface area contributed by atoms with Gasteiger partial charge in [-0.25, -0.2) is 9.78 Å². The Labute approximate surface area is 225 Å². The molecule has 0 saturated carbocycles. The first kappa shape index (κ1) is 27.1. The summed E-state index contributed by atoms with van der Waals surface area (Å²) in [6.07, 6.45) is 0.322. The van der Waals surface area contributed by atoms with Crippen LogP contribution in [0.2, 0.25) is 0 Å². The molecule has 1 aliphatic heterocycles. The minimum atomic E-state index is -1.15. The van der Waals surface area contributed by atoms with Gasteiger partial charge in [-0.15, -0.1) is 0 Å². The van der Waals surface area contributed by atoms with E-state index in [4.69, 9.17) is 14.5 Å². The van der Waals surface area contributed by atoms with Gasteiger partial charge in [0.2, 0.25) is 0 Å². The van der Waals surface area contributed by atoms with Crippen molar-refractivity contribution in [2.24, 2.45) is 0 Å². The van der Waals surface area contributed by atoms with Crippen molar-refractivity contribution in [2.45, 2.75) is 71.2 Å². The number of carbonyl (C=O) groups excluding carboxylic acids is 1. The van der Waals surface area contributed by atoms with Gasteiger partial charge in [0.25, 0.3) is 5.56 Å². The van der Waals surface area contributed by atoms with Crippen molar-refractivity contribution in [3.8, 4) is 11.4 Å². The van der Waals surface area contributed by atoms with E-state index in [0.29, 0.717) is 54.1 Å². The van der Waals surface area contributed by atoms with Crippen LogP contribution in [0.5, 0.6) is 5.75 Å². The van der Waals surface area contributed by atoms with Gasteiger partial charge in [0.1, 0.15) is 17.2 Å². The normalized spacial score (nSPS) is 15.7. The molecule has 2 heterocycles. The summed E-state index contributed by atoms with van der Waals surface area (Å²) >= 11 is 3.52. The molecule has 4 rings (SSSR count). The topological polar surface area (TPSA) is 93.9 Å². The smallest absolute Gasteiger partial charge is 0.410 e. The Hall–Kier alpha value is -2.91. The molecular formula is C28H34BrN3O5. The van der Waals surface area contributed by atoms with E-state index in [1.807, 2.05) is 65.0 Å². The van der Waals surface area contributed by atoms with E-state index in [1.165, 1.54) is 0 Å². The monoisotopic (exact) mass is 571 g/mol. The molecule has 0 unspecified atom stereocenters. The second kappa shape index (κ2) is 10.5. The van der Waals surface area contributed by atoms with E-state index in [1.54, 1.807) is 21.6 Å². The Morgan fingerprint density at radius 3 is 2.49 bits per heavy atom. The number of likely N-dealkylation sites (tertiary alicyclic amines) is 1. The van der Waals surface area contributed by atoms with Gasteiger partial charge < -0.3 is 19.5 Å². The fourth-order valence-corrected chi connectivity index (χ4v) is 4.82. The highest BCUT2D eigenvalue weighted by molar-refractivity contribution is 9.10. The summed E-state index contributed by atoms with van der Waals surface area (Å²) < 4.78 is 13.9. The molecule has 8 nitrogen and oxygen atoms in total. The molecule has 2 aromatic carbocycles. The highest BCUT2D eigenvalue weighted by atomic mass is 79.9. The van der Waals surface area contributed by atoms with Gasteiger partial charge in [-0.05, 0) is 77.8 Å². The van der Waals surface area contributed by atoms with Crippen LogP contribution in [0.4, 0.5) is 4.79 Å². The van der Waals surface area contributed by atoms with Crippen molar-refractivity contribution in [3.05, 3.63) is 63.1 Å². The Bertz CT molecular complexity index is 1350. The number of ether oxygens (including phenoxy) is 2. The molecule has 0 aliphatic carbocycles. The second-order valence-corrected chi connectivity index (χ2v) is 11.7. The van der Waals surface area contributed by atoms with Crippen LogP contribution in [0, 0.1) is 0 Å². The molecular weight excluding hydrogens is 538 g/mol. The maximum atomic E-state index is 13.8. The molecule has 0 atom stereocenters. The number of hydrogen-bond donors (Lipinski definition) is 1. The first-order chi connectivity index (χ1) is 17.3. The number of piperidine rings is 1. The summed E-state index contributed by atoms with van der Waals surface area (Å²) in [5.74, 6) is 0.981. The van der Waals surface area contributed by atoms with E-state index in [0.717, 1.165) is 4.47 Å². The van der Waals surface area contributed by atoms with Crippen molar-refractivity contribution in [2.75, 3.05) is 13.1 Å². The van der Waals surface area contributed by atoms with Crippen molar-refractivity contribution in [1.82, 2.24) is 14.5 Å². The lowest BCUT2D eigenvalue weighted by molar-refractivity contribution is -0.0327. The largest absolute Gasteiger partial charge is 0.489 e.